The van der Waals surface area contributed by atoms with Gasteiger partial charge in [-0.2, -0.15) is 0 Å². The molecule has 0 heterocycles. The fraction of sp³-hybridized carbons (Fsp3) is 0.417. The summed E-state index contributed by atoms with van der Waals surface area (Å²) in [4.78, 5) is 22.7. The number of carbonyl (C=O) groups excluding carboxylic acids is 1. The zero-order chi connectivity index (χ0) is 22.8. The zero-order valence-corrected chi connectivity index (χ0v) is 17.9. The first-order chi connectivity index (χ1) is 15.6. The van der Waals surface area contributed by atoms with Gasteiger partial charge in [0.15, 0.2) is 0 Å². The van der Waals surface area contributed by atoms with Crippen LogP contribution < -0.4 is 5.73 Å². The number of carboxylic acid groups (broad SMARTS) is 1. The van der Waals surface area contributed by atoms with Crippen LogP contribution in [0.1, 0.15) is 23.5 Å². The van der Waals surface area contributed by atoms with Crippen LogP contribution >= 0.6 is 0 Å². The van der Waals surface area contributed by atoms with Crippen molar-refractivity contribution in [3.8, 4) is 11.1 Å². The Labute approximate surface area is 187 Å². The van der Waals surface area contributed by atoms with Gasteiger partial charge in [-0.25, -0.2) is 0 Å². The quantitative estimate of drug-likeness (QED) is 0.337. The van der Waals surface area contributed by atoms with Crippen LogP contribution in [0.15, 0.2) is 48.5 Å². The van der Waals surface area contributed by atoms with Crippen LogP contribution in [0.4, 0.5) is 0 Å². The minimum Gasteiger partial charge on any atom is -0.481 e. The highest BCUT2D eigenvalue weighted by atomic mass is 16.6. The maximum atomic E-state index is 12.3. The topological polar surface area (TPSA) is 117 Å². The molecular formula is C24H29NO7. The molecular weight excluding hydrogens is 414 g/mol. The van der Waals surface area contributed by atoms with Crippen molar-refractivity contribution in [2.45, 2.75) is 18.4 Å². The van der Waals surface area contributed by atoms with E-state index in [1.165, 1.54) is 11.1 Å². The Morgan fingerprint density at radius 2 is 1.38 bits per heavy atom. The molecule has 0 bridgehead atoms. The second kappa shape index (κ2) is 12.3. The van der Waals surface area contributed by atoms with Crippen molar-refractivity contribution in [1.82, 2.24) is 0 Å². The molecule has 2 aromatic rings. The van der Waals surface area contributed by atoms with Crippen molar-refractivity contribution in [1.29, 1.82) is 0 Å². The summed E-state index contributed by atoms with van der Waals surface area (Å²) in [5.74, 6) is -1.41. The van der Waals surface area contributed by atoms with Crippen molar-refractivity contribution in [3.63, 3.8) is 0 Å². The maximum absolute atomic E-state index is 12.3. The molecule has 8 nitrogen and oxygen atoms in total. The third kappa shape index (κ3) is 6.61. The Kier molecular flexibility index (Phi) is 9.18. The fourth-order valence-electron chi connectivity index (χ4n) is 3.59. The van der Waals surface area contributed by atoms with Crippen LogP contribution in [-0.2, 0) is 28.5 Å². The number of hydrogen-bond acceptors (Lipinski definition) is 7. The number of nitrogens with two attached hydrogens (primary N) is 1. The summed E-state index contributed by atoms with van der Waals surface area (Å²) in [7, 11) is 0. The van der Waals surface area contributed by atoms with E-state index in [4.69, 9.17) is 29.8 Å². The Hall–Kier alpha value is -2.78. The third-order valence-corrected chi connectivity index (χ3v) is 5.16. The van der Waals surface area contributed by atoms with Gasteiger partial charge in [-0.15, -0.1) is 0 Å². The summed E-state index contributed by atoms with van der Waals surface area (Å²) < 4.78 is 21.3. The Bertz CT molecular complexity index is 856. The second-order valence-corrected chi connectivity index (χ2v) is 7.41. The van der Waals surface area contributed by atoms with Gasteiger partial charge in [-0.1, -0.05) is 48.5 Å². The van der Waals surface area contributed by atoms with E-state index in [1.807, 2.05) is 24.3 Å². The van der Waals surface area contributed by atoms with E-state index in [0.717, 1.165) is 11.1 Å². The number of esters is 1. The highest BCUT2D eigenvalue weighted by Gasteiger charge is 2.29. The minimum absolute atomic E-state index is 0.00872. The van der Waals surface area contributed by atoms with Gasteiger partial charge in [0, 0.05) is 5.92 Å². The van der Waals surface area contributed by atoms with Crippen LogP contribution in [-0.4, -0.2) is 69.3 Å². The molecule has 0 radical (unpaired) electrons. The Morgan fingerprint density at radius 1 is 0.844 bits per heavy atom. The molecule has 1 aliphatic carbocycles. The molecule has 172 valence electrons. The number of carbonyl (C=O) groups is 2. The Morgan fingerprint density at radius 3 is 1.97 bits per heavy atom. The lowest BCUT2D eigenvalue weighted by Crippen LogP contribution is -2.37. The molecule has 0 amide bonds. The number of hydrogen-bond donors (Lipinski definition) is 2. The average molecular weight is 443 g/mol. The molecule has 0 aromatic heterocycles. The molecule has 0 saturated heterocycles. The predicted octanol–water partition coefficient (Wildman–Crippen LogP) is 2.19. The lowest BCUT2D eigenvalue weighted by Gasteiger charge is -2.16. The second-order valence-electron chi connectivity index (χ2n) is 7.41. The van der Waals surface area contributed by atoms with Crippen LogP contribution in [0, 0.1) is 0 Å². The van der Waals surface area contributed by atoms with Gasteiger partial charge < -0.3 is 29.8 Å². The van der Waals surface area contributed by atoms with Gasteiger partial charge in [0.1, 0.15) is 12.6 Å². The molecule has 3 N–H and O–H groups in total. The normalized spacial score (nSPS) is 13.4. The number of rotatable bonds is 14. The van der Waals surface area contributed by atoms with Crippen LogP contribution in [0.2, 0.25) is 0 Å². The van der Waals surface area contributed by atoms with Crippen LogP contribution in [0.5, 0.6) is 0 Å². The van der Waals surface area contributed by atoms with Crippen molar-refractivity contribution in [2.24, 2.45) is 5.73 Å². The lowest BCUT2D eigenvalue weighted by atomic mass is 9.98. The van der Waals surface area contributed by atoms with E-state index in [9.17, 15) is 9.59 Å². The van der Waals surface area contributed by atoms with Gasteiger partial charge in [0.25, 0.3) is 0 Å². The van der Waals surface area contributed by atoms with Gasteiger partial charge in [0.05, 0.1) is 46.1 Å². The van der Waals surface area contributed by atoms with E-state index >= 15 is 0 Å². The summed E-state index contributed by atoms with van der Waals surface area (Å²) >= 11 is 0. The molecule has 1 unspecified atom stereocenters. The predicted molar refractivity (Wildman–Crippen MR) is 117 cm³/mol. The van der Waals surface area contributed by atoms with Gasteiger partial charge in [-0.3, -0.25) is 9.59 Å². The largest absolute Gasteiger partial charge is 0.481 e. The first kappa shape index (κ1) is 23.9. The molecule has 3 rings (SSSR count). The molecule has 32 heavy (non-hydrogen) atoms. The minimum atomic E-state index is -0.896. The first-order valence-corrected chi connectivity index (χ1v) is 10.6. The highest BCUT2D eigenvalue weighted by Crippen LogP contribution is 2.44. The summed E-state index contributed by atoms with van der Waals surface area (Å²) in [5.41, 5.74) is 10.5. The summed E-state index contributed by atoms with van der Waals surface area (Å²) in [6.07, 6.45) is -0.0309. The molecule has 0 spiro atoms. The van der Waals surface area contributed by atoms with E-state index in [0.29, 0.717) is 19.8 Å². The monoisotopic (exact) mass is 443 g/mol. The molecule has 0 aliphatic heterocycles. The molecule has 8 heteroatoms. The molecule has 0 fully saturated rings. The van der Waals surface area contributed by atoms with Crippen LogP contribution in [0.25, 0.3) is 11.1 Å². The maximum Gasteiger partial charge on any atom is 0.325 e. The lowest BCUT2D eigenvalue weighted by molar-refractivity contribution is -0.147. The molecule has 0 saturated carbocycles. The number of ether oxygens (including phenoxy) is 4. The number of aliphatic carboxylic acids is 1. The van der Waals surface area contributed by atoms with E-state index in [2.05, 4.69) is 24.3 Å². The van der Waals surface area contributed by atoms with Gasteiger partial charge in [-0.05, 0) is 22.3 Å². The zero-order valence-electron chi connectivity index (χ0n) is 17.9. The van der Waals surface area contributed by atoms with Crippen molar-refractivity contribution < 1.29 is 33.6 Å². The summed E-state index contributed by atoms with van der Waals surface area (Å²) in [6.45, 7) is 1.66. The van der Waals surface area contributed by atoms with E-state index in [1.54, 1.807) is 0 Å². The third-order valence-electron chi connectivity index (χ3n) is 5.16. The highest BCUT2D eigenvalue weighted by molar-refractivity contribution is 5.79. The first-order valence-electron chi connectivity index (χ1n) is 10.6. The number of benzene rings is 2. The summed E-state index contributed by atoms with van der Waals surface area (Å²) in [6, 6.07) is 15.4. The number of carboxylic acids is 1. The van der Waals surface area contributed by atoms with Crippen molar-refractivity contribution >= 4 is 11.9 Å². The van der Waals surface area contributed by atoms with Gasteiger partial charge in [0.2, 0.25) is 0 Å². The SMILES string of the molecule is NC(COCCOCCOCCC(=O)O)C(=O)OCC1c2ccccc2-c2ccccc21. The molecule has 2 aromatic carbocycles. The van der Waals surface area contributed by atoms with E-state index in [-0.39, 0.29) is 38.8 Å². The average Bonchev–Trinajstić information content (AvgIpc) is 3.12. The van der Waals surface area contributed by atoms with Gasteiger partial charge >= 0.3 is 11.9 Å². The van der Waals surface area contributed by atoms with Crippen molar-refractivity contribution in [3.05, 3.63) is 59.7 Å². The molecule has 1 aliphatic rings. The Balaban J connectivity index is 1.32. The summed E-state index contributed by atoms with van der Waals surface area (Å²) in [5, 5.41) is 8.49. The standard InChI is InChI=1S/C24H29NO7/c25-22(16-31-14-13-30-12-11-29-10-9-23(26)27)24(28)32-15-21-19-7-3-1-5-17(19)18-6-2-4-8-20(18)21/h1-8,21-22H,9-16,25H2,(H,26,27). The van der Waals surface area contributed by atoms with Crippen LogP contribution in [0.3, 0.4) is 0 Å². The number of fused-ring (bicyclic) bond motifs is 3. The van der Waals surface area contributed by atoms with E-state index < -0.39 is 18.0 Å². The smallest absolute Gasteiger partial charge is 0.325 e. The van der Waals surface area contributed by atoms with Crippen molar-refractivity contribution in [2.75, 3.05) is 46.2 Å². The molecule has 1 atom stereocenters. The fourth-order valence-corrected chi connectivity index (χ4v) is 3.59.